The molecule has 3 atom stereocenters. The third-order valence-corrected chi connectivity index (χ3v) is 4.63. The number of benzene rings is 1. The van der Waals surface area contributed by atoms with Gasteiger partial charge in [0.05, 0.1) is 0 Å². The normalized spacial score (nSPS) is 29.5. The van der Waals surface area contributed by atoms with E-state index in [4.69, 9.17) is 0 Å². The lowest BCUT2D eigenvalue weighted by Crippen LogP contribution is -2.20. The van der Waals surface area contributed by atoms with Crippen LogP contribution in [0.3, 0.4) is 0 Å². The number of aryl methyl sites for hydroxylation is 1. The van der Waals surface area contributed by atoms with Crippen molar-refractivity contribution in [2.45, 2.75) is 39.0 Å². The van der Waals surface area contributed by atoms with Gasteiger partial charge in [-0.15, -0.1) is 0 Å². The summed E-state index contributed by atoms with van der Waals surface area (Å²) in [5.74, 6) is 2.59. The Morgan fingerprint density at radius 2 is 2.22 bits per heavy atom. The van der Waals surface area contributed by atoms with Gasteiger partial charge in [-0.05, 0) is 61.6 Å². The fraction of sp³-hybridized carbons (Fsp3) is 0.562. The van der Waals surface area contributed by atoms with Crippen LogP contribution < -0.4 is 5.32 Å². The highest BCUT2D eigenvalue weighted by Gasteiger charge is 2.40. The number of anilines is 1. The molecular weight excluding hydrogens is 222 g/mol. The number of nitrogens with one attached hydrogen (secondary N) is 1. The molecule has 1 amide bonds. The van der Waals surface area contributed by atoms with E-state index < -0.39 is 0 Å². The van der Waals surface area contributed by atoms with Crippen molar-refractivity contribution in [1.29, 1.82) is 0 Å². The minimum atomic E-state index is 0.193. The predicted molar refractivity (Wildman–Crippen MR) is 73.4 cm³/mol. The molecule has 2 aliphatic carbocycles. The molecule has 2 aliphatic rings. The number of rotatable bonds is 3. The highest BCUT2D eigenvalue weighted by molar-refractivity contribution is 5.90. The summed E-state index contributed by atoms with van der Waals surface area (Å²) in [6.07, 6.45) is 6.14. The Morgan fingerprint density at radius 1 is 1.33 bits per heavy atom. The Morgan fingerprint density at radius 3 is 2.89 bits per heavy atom. The zero-order valence-electron chi connectivity index (χ0n) is 11.0. The summed E-state index contributed by atoms with van der Waals surface area (Å²) in [6.45, 7) is 2.05. The van der Waals surface area contributed by atoms with Gasteiger partial charge in [-0.3, -0.25) is 4.79 Å². The molecule has 0 aromatic heterocycles. The summed E-state index contributed by atoms with van der Waals surface area (Å²) in [6, 6.07) is 8.03. The van der Waals surface area contributed by atoms with Crippen molar-refractivity contribution in [3.63, 3.8) is 0 Å². The second-order valence-corrected chi connectivity index (χ2v) is 6.06. The van der Waals surface area contributed by atoms with E-state index in [1.165, 1.54) is 31.2 Å². The van der Waals surface area contributed by atoms with E-state index in [9.17, 15) is 4.79 Å². The smallest absolute Gasteiger partial charge is 0.224 e. The zero-order chi connectivity index (χ0) is 12.5. The van der Waals surface area contributed by atoms with Crippen molar-refractivity contribution in [1.82, 2.24) is 0 Å². The van der Waals surface area contributed by atoms with Crippen LogP contribution in [0.15, 0.2) is 24.3 Å². The molecule has 2 heteroatoms. The van der Waals surface area contributed by atoms with Crippen molar-refractivity contribution < 1.29 is 4.79 Å². The third-order valence-electron chi connectivity index (χ3n) is 4.63. The van der Waals surface area contributed by atoms with Crippen molar-refractivity contribution in [2.75, 3.05) is 5.32 Å². The molecule has 3 rings (SSSR count). The lowest BCUT2D eigenvalue weighted by molar-refractivity contribution is -0.117. The Balaban J connectivity index is 1.56. The molecule has 18 heavy (non-hydrogen) atoms. The van der Waals surface area contributed by atoms with Crippen LogP contribution in [0.5, 0.6) is 0 Å². The van der Waals surface area contributed by atoms with Crippen LogP contribution in [0.4, 0.5) is 5.69 Å². The highest BCUT2D eigenvalue weighted by Crippen LogP contribution is 2.49. The lowest BCUT2D eigenvalue weighted by atomic mass is 9.86. The molecule has 1 N–H and O–H groups in total. The van der Waals surface area contributed by atoms with E-state index in [1.54, 1.807) is 0 Å². The quantitative estimate of drug-likeness (QED) is 0.860. The number of carbonyl (C=O) groups is 1. The molecule has 2 nitrogen and oxygen atoms in total. The molecule has 0 spiro atoms. The van der Waals surface area contributed by atoms with Gasteiger partial charge in [-0.2, -0.15) is 0 Å². The SMILES string of the molecule is Cc1cccc(NC(=O)C[C@H]2C[C@@H]3CC[C@@H]2C3)c1. The van der Waals surface area contributed by atoms with E-state index in [0.29, 0.717) is 5.92 Å². The molecule has 0 heterocycles. The monoisotopic (exact) mass is 243 g/mol. The number of amides is 1. The first-order chi connectivity index (χ1) is 8.70. The number of fused-ring (bicyclic) bond motifs is 2. The Hall–Kier alpha value is -1.31. The van der Waals surface area contributed by atoms with Crippen molar-refractivity contribution in [2.24, 2.45) is 17.8 Å². The average molecular weight is 243 g/mol. The first-order valence-corrected chi connectivity index (χ1v) is 7.07. The van der Waals surface area contributed by atoms with Gasteiger partial charge in [0.1, 0.15) is 0 Å². The van der Waals surface area contributed by atoms with E-state index in [2.05, 4.69) is 5.32 Å². The van der Waals surface area contributed by atoms with Crippen molar-refractivity contribution in [3.05, 3.63) is 29.8 Å². The van der Waals surface area contributed by atoms with Gasteiger partial charge in [-0.1, -0.05) is 18.6 Å². The summed E-state index contributed by atoms with van der Waals surface area (Å²) in [4.78, 5) is 12.0. The first-order valence-electron chi connectivity index (χ1n) is 7.07. The van der Waals surface area contributed by atoms with E-state index in [0.717, 1.165) is 23.9 Å². The summed E-state index contributed by atoms with van der Waals surface area (Å²) in [7, 11) is 0. The highest BCUT2D eigenvalue weighted by atomic mass is 16.1. The van der Waals surface area contributed by atoms with Gasteiger partial charge in [-0.25, -0.2) is 0 Å². The van der Waals surface area contributed by atoms with E-state index in [-0.39, 0.29) is 5.91 Å². The van der Waals surface area contributed by atoms with Crippen LogP contribution in [0, 0.1) is 24.7 Å². The fourth-order valence-corrected chi connectivity index (χ4v) is 3.80. The van der Waals surface area contributed by atoms with E-state index >= 15 is 0 Å². The number of hydrogen-bond donors (Lipinski definition) is 1. The first kappa shape index (κ1) is 11.8. The fourth-order valence-electron chi connectivity index (χ4n) is 3.80. The second-order valence-electron chi connectivity index (χ2n) is 6.06. The molecule has 0 radical (unpaired) electrons. The molecule has 96 valence electrons. The summed E-state index contributed by atoms with van der Waals surface area (Å²) >= 11 is 0. The maximum atomic E-state index is 12.0. The Bertz CT molecular complexity index is 454. The molecule has 1 aromatic rings. The summed E-state index contributed by atoms with van der Waals surface area (Å²) in [5.41, 5.74) is 2.12. The van der Waals surface area contributed by atoms with Crippen LogP contribution in [0.1, 0.15) is 37.7 Å². The van der Waals surface area contributed by atoms with Crippen LogP contribution in [-0.4, -0.2) is 5.91 Å². The molecule has 2 bridgehead atoms. The molecule has 0 aliphatic heterocycles. The molecular formula is C16H21NO. The minimum Gasteiger partial charge on any atom is -0.326 e. The van der Waals surface area contributed by atoms with Gasteiger partial charge >= 0.3 is 0 Å². The van der Waals surface area contributed by atoms with Gasteiger partial charge in [0.2, 0.25) is 5.91 Å². The summed E-state index contributed by atoms with van der Waals surface area (Å²) < 4.78 is 0. The van der Waals surface area contributed by atoms with Crippen LogP contribution in [0.2, 0.25) is 0 Å². The minimum absolute atomic E-state index is 0.193. The van der Waals surface area contributed by atoms with Gasteiger partial charge in [0, 0.05) is 12.1 Å². The van der Waals surface area contributed by atoms with Crippen molar-refractivity contribution in [3.8, 4) is 0 Å². The van der Waals surface area contributed by atoms with Crippen LogP contribution in [0.25, 0.3) is 0 Å². The van der Waals surface area contributed by atoms with Gasteiger partial charge < -0.3 is 5.32 Å². The molecule has 0 saturated heterocycles. The second kappa shape index (κ2) is 4.75. The zero-order valence-corrected chi connectivity index (χ0v) is 11.0. The van der Waals surface area contributed by atoms with Gasteiger partial charge in [0.15, 0.2) is 0 Å². The lowest BCUT2D eigenvalue weighted by Gasteiger charge is -2.20. The average Bonchev–Trinajstić information content (AvgIpc) is 2.90. The van der Waals surface area contributed by atoms with Crippen LogP contribution in [-0.2, 0) is 4.79 Å². The predicted octanol–water partition coefficient (Wildman–Crippen LogP) is 3.76. The van der Waals surface area contributed by atoms with E-state index in [1.807, 2.05) is 31.2 Å². The molecule has 2 saturated carbocycles. The maximum absolute atomic E-state index is 12.0. The largest absolute Gasteiger partial charge is 0.326 e. The summed E-state index contributed by atoms with van der Waals surface area (Å²) in [5, 5.41) is 3.03. The van der Waals surface area contributed by atoms with Crippen LogP contribution >= 0.6 is 0 Å². The Kier molecular flexibility index (Phi) is 3.11. The standard InChI is InChI=1S/C16H21NO/c1-11-3-2-4-15(7-11)17-16(18)10-14-9-12-5-6-13(14)8-12/h2-4,7,12-14H,5-6,8-10H2,1H3,(H,17,18)/t12-,13-,14-/m1/s1. The maximum Gasteiger partial charge on any atom is 0.224 e. The van der Waals surface area contributed by atoms with Gasteiger partial charge in [0.25, 0.3) is 0 Å². The number of hydrogen-bond acceptors (Lipinski definition) is 1. The Labute approximate surface area is 109 Å². The topological polar surface area (TPSA) is 29.1 Å². The molecule has 1 aromatic carbocycles. The molecule has 2 fully saturated rings. The molecule has 0 unspecified atom stereocenters. The van der Waals surface area contributed by atoms with Crippen molar-refractivity contribution >= 4 is 11.6 Å². The number of carbonyl (C=O) groups excluding carboxylic acids is 1. The third kappa shape index (κ3) is 2.43.